The van der Waals surface area contributed by atoms with Crippen LogP contribution in [0.15, 0.2) is 23.1 Å². The molecule has 1 heterocycles. The number of hydrogen-bond donors (Lipinski definition) is 1. The molecule has 0 radical (unpaired) electrons. The third kappa shape index (κ3) is 2.15. The summed E-state index contributed by atoms with van der Waals surface area (Å²) >= 11 is 0. The fourth-order valence-electron chi connectivity index (χ4n) is 2.27. The maximum absolute atomic E-state index is 11.7. The van der Waals surface area contributed by atoms with Crippen molar-refractivity contribution < 1.29 is 9.90 Å². The molecule has 0 aliphatic heterocycles. The summed E-state index contributed by atoms with van der Waals surface area (Å²) in [5.41, 5.74) is 0.0853. The van der Waals surface area contributed by atoms with E-state index in [4.69, 9.17) is 5.11 Å². The van der Waals surface area contributed by atoms with Crippen LogP contribution in [0.1, 0.15) is 48.5 Å². The highest BCUT2D eigenvalue weighted by atomic mass is 16.4. The first-order chi connectivity index (χ1) is 7.68. The van der Waals surface area contributed by atoms with Gasteiger partial charge >= 0.3 is 5.97 Å². The Hall–Kier alpha value is -1.58. The van der Waals surface area contributed by atoms with Crippen LogP contribution < -0.4 is 5.56 Å². The van der Waals surface area contributed by atoms with Gasteiger partial charge in [-0.05, 0) is 18.9 Å². The van der Waals surface area contributed by atoms with Crippen LogP contribution in [0.3, 0.4) is 0 Å². The molecule has 1 fully saturated rings. The number of aromatic nitrogens is 1. The van der Waals surface area contributed by atoms with Gasteiger partial charge in [0.25, 0.3) is 5.56 Å². The van der Waals surface area contributed by atoms with Gasteiger partial charge in [0.05, 0.1) is 5.56 Å². The lowest BCUT2D eigenvalue weighted by atomic mass is 9.95. The van der Waals surface area contributed by atoms with E-state index in [9.17, 15) is 9.59 Å². The minimum absolute atomic E-state index is 0.100. The van der Waals surface area contributed by atoms with Crippen LogP contribution in [0.5, 0.6) is 0 Å². The van der Waals surface area contributed by atoms with Gasteiger partial charge in [-0.2, -0.15) is 0 Å². The first kappa shape index (κ1) is 10.9. The van der Waals surface area contributed by atoms with Crippen molar-refractivity contribution in [3.63, 3.8) is 0 Å². The molecule has 0 amide bonds. The minimum atomic E-state index is -0.982. The summed E-state index contributed by atoms with van der Waals surface area (Å²) < 4.78 is 1.59. The molecule has 1 saturated carbocycles. The van der Waals surface area contributed by atoms with Gasteiger partial charge in [-0.15, -0.1) is 0 Å². The minimum Gasteiger partial charge on any atom is -0.478 e. The Balaban J connectivity index is 2.34. The Labute approximate surface area is 93.5 Å². The summed E-state index contributed by atoms with van der Waals surface area (Å²) in [7, 11) is 0. The number of carboxylic acid groups (broad SMARTS) is 1. The second-order valence-electron chi connectivity index (χ2n) is 4.26. The second-order valence-corrected chi connectivity index (χ2v) is 4.26. The molecule has 0 bridgehead atoms. The van der Waals surface area contributed by atoms with Crippen molar-refractivity contribution in [2.45, 2.75) is 38.1 Å². The summed E-state index contributed by atoms with van der Waals surface area (Å²) in [5.74, 6) is -0.982. The van der Waals surface area contributed by atoms with E-state index in [0.29, 0.717) is 0 Å². The molecule has 4 heteroatoms. The van der Waals surface area contributed by atoms with Crippen LogP contribution in [0, 0.1) is 0 Å². The lowest BCUT2D eigenvalue weighted by molar-refractivity contribution is 0.0695. The number of aromatic carboxylic acids is 1. The maximum Gasteiger partial charge on any atom is 0.337 e. The zero-order chi connectivity index (χ0) is 11.5. The van der Waals surface area contributed by atoms with Crippen molar-refractivity contribution in [2.24, 2.45) is 0 Å². The highest BCUT2D eigenvalue weighted by Gasteiger charge is 2.17. The zero-order valence-corrected chi connectivity index (χ0v) is 9.06. The monoisotopic (exact) mass is 221 g/mol. The summed E-state index contributed by atoms with van der Waals surface area (Å²) in [6, 6.07) is 2.89. The molecular weight excluding hydrogens is 206 g/mol. The van der Waals surface area contributed by atoms with E-state index in [1.165, 1.54) is 24.8 Å². The van der Waals surface area contributed by atoms with E-state index < -0.39 is 5.97 Å². The third-order valence-electron chi connectivity index (χ3n) is 3.15. The fraction of sp³-hybridized carbons (Fsp3) is 0.500. The van der Waals surface area contributed by atoms with Gasteiger partial charge in [-0.3, -0.25) is 4.79 Å². The summed E-state index contributed by atoms with van der Waals surface area (Å²) in [6.45, 7) is 0. The van der Waals surface area contributed by atoms with Gasteiger partial charge in [0, 0.05) is 18.3 Å². The van der Waals surface area contributed by atoms with Crippen LogP contribution in [-0.2, 0) is 0 Å². The van der Waals surface area contributed by atoms with E-state index >= 15 is 0 Å². The number of hydrogen-bond acceptors (Lipinski definition) is 2. The van der Waals surface area contributed by atoms with E-state index in [2.05, 4.69) is 0 Å². The molecule has 1 aliphatic carbocycles. The number of carbonyl (C=O) groups is 1. The molecule has 0 aromatic carbocycles. The van der Waals surface area contributed by atoms with E-state index in [0.717, 1.165) is 25.7 Å². The van der Waals surface area contributed by atoms with Crippen LogP contribution in [0.2, 0.25) is 0 Å². The predicted octanol–water partition coefficient (Wildman–Crippen LogP) is 2.05. The van der Waals surface area contributed by atoms with Crippen LogP contribution >= 0.6 is 0 Å². The van der Waals surface area contributed by atoms with Crippen molar-refractivity contribution in [3.8, 4) is 0 Å². The molecule has 16 heavy (non-hydrogen) atoms. The molecule has 0 atom stereocenters. The topological polar surface area (TPSA) is 59.3 Å². The molecule has 1 aliphatic rings. The zero-order valence-electron chi connectivity index (χ0n) is 9.06. The standard InChI is InChI=1S/C12H15NO3/c14-11-7-6-9(12(15)16)8-13(11)10-4-2-1-3-5-10/h6-8,10H,1-5H2,(H,15,16). The maximum atomic E-state index is 11.7. The average molecular weight is 221 g/mol. The summed E-state index contributed by atoms with van der Waals surface area (Å²) in [5, 5.41) is 8.88. The molecule has 0 saturated heterocycles. The Bertz CT molecular complexity index is 444. The quantitative estimate of drug-likeness (QED) is 0.831. The largest absolute Gasteiger partial charge is 0.478 e. The van der Waals surface area contributed by atoms with Gasteiger partial charge in [0.15, 0.2) is 0 Å². The van der Waals surface area contributed by atoms with Gasteiger partial charge in [-0.1, -0.05) is 19.3 Å². The molecule has 0 spiro atoms. The van der Waals surface area contributed by atoms with Gasteiger partial charge in [0.1, 0.15) is 0 Å². The van der Waals surface area contributed by atoms with Crippen molar-refractivity contribution in [1.29, 1.82) is 0 Å². The van der Waals surface area contributed by atoms with E-state index in [1.54, 1.807) is 4.57 Å². The number of pyridine rings is 1. The number of nitrogens with zero attached hydrogens (tertiary/aromatic N) is 1. The molecule has 1 aromatic heterocycles. The summed E-state index contributed by atoms with van der Waals surface area (Å²) in [6.07, 6.45) is 6.87. The Morgan fingerprint density at radius 3 is 2.56 bits per heavy atom. The Kier molecular flexibility index (Phi) is 3.08. The molecule has 86 valence electrons. The Morgan fingerprint density at radius 1 is 1.25 bits per heavy atom. The number of carboxylic acids is 1. The fourth-order valence-corrected chi connectivity index (χ4v) is 2.27. The van der Waals surface area contributed by atoms with Crippen molar-refractivity contribution in [2.75, 3.05) is 0 Å². The van der Waals surface area contributed by atoms with Gasteiger partial charge < -0.3 is 9.67 Å². The SMILES string of the molecule is O=C(O)c1ccc(=O)n(C2CCCCC2)c1. The van der Waals surface area contributed by atoms with Crippen LogP contribution in [0.25, 0.3) is 0 Å². The molecule has 1 N–H and O–H groups in total. The smallest absolute Gasteiger partial charge is 0.337 e. The van der Waals surface area contributed by atoms with Crippen LogP contribution in [0.4, 0.5) is 0 Å². The summed E-state index contributed by atoms with van der Waals surface area (Å²) in [4.78, 5) is 22.5. The lowest BCUT2D eigenvalue weighted by Gasteiger charge is -2.23. The lowest BCUT2D eigenvalue weighted by Crippen LogP contribution is -2.26. The first-order valence-electron chi connectivity index (χ1n) is 5.64. The number of rotatable bonds is 2. The van der Waals surface area contributed by atoms with Crippen molar-refractivity contribution in [1.82, 2.24) is 4.57 Å². The highest BCUT2D eigenvalue weighted by molar-refractivity contribution is 5.87. The molecule has 4 nitrogen and oxygen atoms in total. The van der Waals surface area contributed by atoms with Crippen LogP contribution in [-0.4, -0.2) is 15.6 Å². The third-order valence-corrected chi connectivity index (χ3v) is 3.15. The normalized spacial score (nSPS) is 17.2. The molecule has 2 rings (SSSR count). The highest BCUT2D eigenvalue weighted by Crippen LogP contribution is 2.26. The van der Waals surface area contributed by atoms with Crippen molar-refractivity contribution in [3.05, 3.63) is 34.2 Å². The molecule has 0 unspecified atom stereocenters. The van der Waals surface area contributed by atoms with Crippen molar-refractivity contribution >= 4 is 5.97 Å². The molecule has 1 aromatic rings. The molecular formula is C12H15NO3. The Morgan fingerprint density at radius 2 is 1.94 bits per heavy atom. The first-order valence-corrected chi connectivity index (χ1v) is 5.64. The van der Waals surface area contributed by atoms with Gasteiger partial charge in [-0.25, -0.2) is 4.79 Å². The predicted molar refractivity (Wildman–Crippen MR) is 59.8 cm³/mol. The van der Waals surface area contributed by atoms with Gasteiger partial charge in [0.2, 0.25) is 0 Å². The second kappa shape index (κ2) is 4.51. The average Bonchev–Trinajstić information content (AvgIpc) is 2.30. The van der Waals surface area contributed by atoms with E-state index in [-0.39, 0.29) is 17.2 Å². The van der Waals surface area contributed by atoms with E-state index in [1.807, 2.05) is 0 Å².